The summed E-state index contributed by atoms with van der Waals surface area (Å²) in [6.07, 6.45) is 13.6. The molecule has 11 atom stereocenters. The van der Waals surface area contributed by atoms with Gasteiger partial charge in [-0.15, -0.1) is 0 Å². The number of hydrogen-bond donors (Lipinski definition) is 4. The Bertz CT molecular complexity index is 1370. The summed E-state index contributed by atoms with van der Waals surface area (Å²) in [5.41, 5.74) is 10.4. The molecule has 0 saturated heterocycles. The summed E-state index contributed by atoms with van der Waals surface area (Å²) >= 11 is 0. The predicted molar refractivity (Wildman–Crippen MR) is 180 cm³/mol. The van der Waals surface area contributed by atoms with E-state index in [9.17, 15) is 28.8 Å². The minimum atomic E-state index is -1.20. The molecule has 0 aromatic rings. The van der Waals surface area contributed by atoms with Crippen LogP contribution in [0.25, 0.3) is 0 Å². The lowest BCUT2D eigenvalue weighted by Crippen LogP contribution is -2.66. The number of amides is 2. The summed E-state index contributed by atoms with van der Waals surface area (Å²) in [6, 6.07) is -0.659. The van der Waals surface area contributed by atoms with Crippen molar-refractivity contribution in [3.63, 3.8) is 0 Å². The molecule has 6 saturated carbocycles. The number of rotatable bonds is 12. The largest absolute Gasteiger partial charge is 0.481 e. The molecule has 2 spiro atoms. The van der Waals surface area contributed by atoms with E-state index in [1.807, 2.05) is 6.92 Å². The Kier molecular flexibility index (Phi) is 8.96. The van der Waals surface area contributed by atoms with Crippen LogP contribution >= 0.6 is 0 Å². The van der Waals surface area contributed by atoms with Crippen LogP contribution in [0.3, 0.4) is 0 Å². The first-order valence-electron chi connectivity index (χ1n) is 19.0. The highest BCUT2D eigenvalue weighted by molar-refractivity contribution is 5.81. The monoisotopic (exact) mass is 689 g/mol. The minimum absolute atomic E-state index is 0.0305. The summed E-state index contributed by atoms with van der Waals surface area (Å²) in [7, 11) is 0. The fourth-order valence-electron chi connectivity index (χ4n) is 14.2. The van der Waals surface area contributed by atoms with E-state index in [0.717, 1.165) is 38.5 Å². The van der Waals surface area contributed by atoms with E-state index >= 15 is 0 Å². The third-order valence-electron chi connectivity index (χ3n) is 16.4. The van der Waals surface area contributed by atoms with Crippen molar-refractivity contribution in [1.29, 1.82) is 0 Å². The number of nitrogens with one attached hydrogen (secondary N) is 1. The molecular formula is C38H60FN3O7. The molecule has 49 heavy (non-hydrogen) atoms. The van der Waals surface area contributed by atoms with Gasteiger partial charge in [0.1, 0.15) is 6.10 Å². The number of carbonyl (C=O) groups excluding carboxylic acids is 3. The van der Waals surface area contributed by atoms with Crippen molar-refractivity contribution < 1.29 is 38.5 Å². The maximum Gasteiger partial charge on any atom is 0.354 e. The molecule has 6 rings (SSSR count). The van der Waals surface area contributed by atoms with Gasteiger partial charge in [-0.25, -0.2) is 9.59 Å². The van der Waals surface area contributed by atoms with E-state index in [1.165, 1.54) is 32.1 Å². The molecule has 0 radical (unpaired) electrons. The number of ether oxygens (including phenoxy) is 1. The molecule has 6 N–H and O–H groups in total. The molecule has 11 heteroatoms. The zero-order valence-corrected chi connectivity index (χ0v) is 30.3. The van der Waals surface area contributed by atoms with Crippen molar-refractivity contribution in [2.24, 2.45) is 67.6 Å². The van der Waals surface area contributed by atoms with Crippen LogP contribution in [0.1, 0.15) is 137 Å². The van der Waals surface area contributed by atoms with Crippen LogP contribution in [0, 0.1) is 56.2 Å². The van der Waals surface area contributed by atoms with Gasteiger partial charge in [0.15, 0.2) is 0 Å². The van der Waals surface area contributed by atoms with Crippen molar-refractivity contribution >= 4 is 23.9 Å². The van der Waals surface area contributed by atoms with Crippen molar-refractivity contribution in [1.82, 2.24) is 5.32 Å². The molecule has 0 aliphatic heterocycles. The first-order valence-corrected chi connectivity index (χ1v) is 19.0. The van der Waals surface area contributed by atoms with E-state index in [-0.39, 0.29) is 29.7 Å². The second-order valence-corrected chi connectivity index (χ2v) is 18.5. The van der Waals surface area contributed by atoms with E-state index < -0.39 is 46.4 Å². The Labute approximate surface area is 290 Å². The van der Waals surface area contributed by atoms with Crippen LogP contribution < -0.4 is 16.8 Å². The summed E-state index contributed by atoms with van der Waals surface area (Å²) in [5, 5.41) is 12.1. The third-order valence-corrected chi connectivity index (χ3v) is 16.4. The van der Waals surface area contributed by atoms with Crippen molar-refractivity contribution in [2.75, 3.05) is 6.54 Å². The van der Waals surface area contributed by atoms with Crippen LogP contribution in [0.4, 0.5) is 9.32 Å². The average Bonchev–Trinajstić information content (AvgIpc) is 3.29. The zero-order valence-electron chi connectivity index (χ0n) is 30.3. The fourth-order valence-corrected chi connectivity index (χ4v) is 14.2. The predicted octanol–water partition coefficient (Wildman–Crippen LogP) is 6.58. The molecular weight excluding hydrogens is 629 g/mol. The topological polar surface area (TPSA) is 171 Å². The van der Waals surface area contributed by atoms with Gasteiger partial charge in [-0.3, -0.25) is 14.5 Å². The molecule has 11 unspecified atom stereocenters. The summed E-state index contributed by atoms with van der Waals surface area (Å²) in [5.74, 6) is -0.309. The number of aliphatic carboxylic acids is 1. The Morgan fingerprint density at radius 2 is 1.55 bits per heavy atom. The average molecular weight is 690 g/mol. The quantitative estimate of drug-likeness (QED) is 0.166. The van der Waals surface area contributed by atoms with Crippen molar-refractivity contribution in [3.05, 3.63) is 0 Å². The molecule has 10 nitrogen and oxygen atoms in total. The Balaban J connectivity index is 1.20. The smallest absolute Gasteiger partial charge is 0.354 e. The number of fused-ring (bicyclic) bond motifs is 3. The zero-order chi connectivity index (χ0) is 35.8. The van der Waals surface area contributed by atoms with E-state index in [1.54, 1.807) is 13.8 Å². The van der Waals surface area contributed by atoms with Gasteiger partial charge in [0.25, 0.3) is 0 Å². The number of urea groups is 1. The highest BCUT2D eigenvalue weighted by atomic mass is 19.3. The molecule has 6 fully saturated rings. The fraction of sp³-hybridized carbons (Fsp3) is 0.895. The highest BCUT2D eigenvalue weighted by Crippen LogP contribution is 2.94. The number of hydrogen-bond acceptors (Lipinski definition) is 7. The second-order valence-electron chi connectivity index (χ2n) is 18.5. The third kappa shape index (κ3) is 5.15. The van der Waals surface area contributed by atoms with E-state index in [4.69, 9.17) is 16.2 Å². The number of primary amides is 1. The summed E-state index contributed by atoms with van der Waals surface area (Å²) < 4.78 is 19.5. The van der Waals surface area contributed by atoms with E-state index in [2.05, 4.69) is 24.1 Å². The van der Waals surface area contributed by atoms with Crippen LogP contribution in [0.15, 0.2) is 0 Å². The summed E-state index contributed by atoms with van der Waals surface area (Å²) in [4.78, 5) is 52.8. The summed E-state index contributed by atoms with van der Waals surface area (Å²) in [6.45, 7) is 9.71. The second kappa shape index (κ2) is 12.1. The van der Waals surface area contributed by atoms with Gasteiger partial charge in [-0.2, -0.15) is 0 Å². The number of carbonyl (C=O) groups is 4. The number of carboxylic acid groups (broad SMARTS) is 1. The van der Waals surface area contributed by atoms with Gasteiger partial charge < -0.3 is 26.6 Å². The minimum Gasteiger partial charge on any atom is -0.481 e. The molecule has 6 aliphatic rings. The molecule has 276 valence electrons. The van der Waals surface area contributed by atoms with Crippen molar-refractivity contribution in [2.45, 2.75) is 149 Å². The Hall–Kier alpha value is -2.43. The van der Waals surface area contributed by atoms with Gasteiger partial charge in [-0.05, 0) is 156 Å². The Morgan fingerprint density at radius 1 is 0.898 bits per heavy atom. The maximum absolute atomic E-state index is 13.5. The van der Waals surface area contributed by atoms with E-state index in [0.29, 0.717) is 54.3 Å². The first-order chi connectivity index (χ1) is 22.9. The lowest BCUT2D eigenvalue weighted by molar-refractivity contribution is -0.199. The number of halogens is 1. The molecule has 0 bridgehead atoms. The molecule has 6 aliphatic carbocycles. The number of esters is 1. The van der Waals surface area contributed by atoms with Gasteiger partial charge in [0.2, 0.25) is 0 Å². The number of nitrogens with two attached hydrogens (primary N) is 2. The van der Waals surface area contributed by atoms with Crippen LogP contribution in [0.5, 0.6) is 0 Å². The van der Waals surface area contributed by atoms with Crippen LogP contribution in [-0.2, 0) is 24.1 Å². The van der Waals surface area contributed by atoms with Gasteiger partial charge in [0, 0.05) is 11.1 Å². The lowest BCUT2D eigenvalue weighted by Gasteiger charge is -2.61. The van der Waals surface area contributed by atoms with Crippen molar-refractivity contribution in [3.8, 4) is 0 Å². The molecule has 0 aromatic heterocycles. The lowest BCUT2D eigenvalue weighted by atomic mass is 9.46. The van der Waals surface area contributed by atoms with Gasteiger partial charge in [0.05, 0.1) is 22.8 Å². The molecule has 0 aromatic carbocycles. The first kappa shape index (κ1) is 36.4. The molecule has 2 amide bonds. The van der Waals surface area contributed by atoms with Gasteiger partial charge in [-0.1, -0.05) is 20.3 Å². The molecule has 0 heterocycles. The Morgan fingerprint density at radius 3 is 2.18 bits per heavy atom. The standard InChI is InChI=1S/C38H60FN3O7/c1-6-35(30(46)49-39,20-21-42-31(40)47)18-19-36-13-7-8-25(36)38-17-11-24-33(4)14-12-27(48-28(43)22-32(2,3)29(44)45)34(5,41)23(33)10-16-37(24,38)26(38)9-15-36/h23-27H,6-22,41H2,1-5H3,(H,44,45)(H3,40,42,47). The van der Waals surface area contributed by atoms with Gasteiger partial charge >= 0.3 is 23.9 Å². The number of carboxylic acids is 1. The maximum atomic E-state index is 13.5. The highest BCUT2D eigenvalue weighted by Gasteiger charge is 2.88. The van der Waals surface area contributed by atoms with Crippen LogP contribution in [0.2, 0.25) is 0 Å². The SMILES string of the molecule is CCC(CCNC(N)=O)(CCC12CCCC1C13CCC4C5(C)CCC(OC(=O)CC(C)(C)C(=O)O)C(C)(N)C5CCC41C3CC2)C(=O)OF. The van der Waals surface area contributed by atoms with Crippen LogP contribution in [-0.4, -0.2) is 47.2 Å². The normalized spacial score (nSPS) is 43.0.